The molecular formula is C25H25FN4O2. The number of nitriles is 1. The van der Waals surface area contributed by atoms with Crippen molar-refractivity contribution in [3.05, 3.63) is 97.9 Å². The zero-order valence-corrected chi connectivity index (χ0v) is 18.0. The first-order valence-corrected chi connectivity index (χ1v) is 10.7. The van der Waals surface area contributed by atoms with Gasteiger partial charge in [0.2, 0.25) is 0 Å². The predicted molar refractivity (Wildman–Crippen MR) is 121 cm³/mol. The van der Waals surface area contributed by atoms with Crippen molar-refractivity contribution in [2.45, 2.75) is 25.8 Å². The number of rotatable bonds is 5. The van der Waals surface area contributed by atoms with Crippen LogP contribution in [-0.2, 0) is 20.0 Å². The van der Waals surface area contributed by atoms with Gasteiger partial charge in [-0.25, -0.2) is 9.18 Å². The number of halogens is 1. The molecule has 6 nitrogen and oxygen atoms in total. The van der Waals surface area contributed by atoms with Gasteiger partial charge in [0.25, 0.3) is 5.56 Å². The van der Waals surface area contributed by atoms with Gasteiger partial charge in [-0.1, -0.05) is 30.3 Å². The van der Waals surface area contributed by atoms with E-state index in [0.717, 1.165) is 41.5 Å². The van der Waals surface area contributed by atoms with E-state index in [4.69, 9.17) is 0 Å². The lowest BCUT2D eigenvalue weighted by atomic mass is 9.91. The van der Waals surface area contributed by atoms with E-state index in [-0.39, 0.29) is 17.9 Å². The fourth-order valence-electron chi connectivity index (χ4n) is 4.40. The second-order valence-corrected chi connectivity index (χ2v) is 8.32. The van der Waals surface area contributed by atoms with E-state index < -0.39 is 5.69 Å². The lowest BCUT2D eigenvalue weighted by Crippen LogP contribution is -2.44. The normalized spacial score (nSPS) is 16.0. The molecule has 1 saturated heterocycles. The summed E-state index contributed by atoms with van der Waals surface area (Å²) < 4.78 is 15.9. The molecule has 0 N–H and O–H groups in total. The fraction of sp³-hybridized carbons (Fsp3) is 0.320. The number of nitrogens with zero attached hydrogens (tertiary/aromatic N) is 4. The zero-order valence-electron chi connectivity index (χ0n) is 18.0. The molecule has 1 aromatic heterocycles. The second kappa shape index (κ2) is 9.23. The Morgan fingerprint density at radius 3 is 2.62 bits per heavy atom. The van der Waals surface area contributed by atoms with Gasteiger partial charge in [-0.15, -0.1) is 0 Å². The van der Waals surface area contributed by atoms with Crippen molar-refractivity contribution >= 4 is 5.82 Å². The van der Waals surface area contributed by atoms with Crippen LogP contribution in [0.3, 0.4) is 0 Å². The summed E-state index contributed by atoms with van der Waals surface area (Å²) in [6, 6.07) is 17.4. The maximum absolute atomic E-state index is 13.2. The topological polar surface area (TPSA) is 71.0 Å². The van der Waals surface area contributed by atoms with Gasteiger partial charge in [0.05, 0.1) is 18.2 Å². The number of piperidine rings is 1. The van der Waals surface area contributed by atoms with E-state index in [1.165, 1.54) is 25.2 Å². The van der Waals surface area contributed by atoms with Gasteiger partial charge in [-0.2, -0.15) is 5.26 Å². The van der Waals surface area contributed by atoms with Crippen LogP contribution in [0, 0.1) is 23.1 Å². The number of aromatic nitrogens is 2. The monoisotopic (exact) mass is 432 g/mol. The molecular weight excluding hydrogens is 407 g/mol. The number of hydrogen-bond donors (Lipinski definition) is 0. The van der Waals surface area contributed by atoms with Gasteiger partial charge < -0.3 is 4.90 Å². The summed E-state index contributed by atoms with van der Waals surface area (Å²) >= 11 is 0. The van der Waals surface area contributed by atoms with Crippen molar-refractivity contribution < 1.29 is 4.39 Å². The summed E-state index contributed by atoms with van der Waals surface area (Å²) in [5, 5.41) is 9.45. The summed E-state index contributed by atoms with van der Waals surface area (Å²) in [5.74, 6) is 0.656. The molecule has 1 fully saturated rings. The molecule has 4 rings (SSSR count). The quantitative estimate of drug-likeness (QED) is 0.621. The standard InChI is InChI=1S/C25H25FN4O2/c1-28-24(31)14-23(30(25(28)32)17-21-7-3-2-6-20(21)15-27)29-12-4-5-19(16-29)13-18-8-10-22(26)11-9-18/h2-3,6-11,14,19H,4-5,12-13,16-17H2,1H3. The van der Waals surface area contributed by atoms with Gasteiger partial charge in [-0.3, -0.25) is 13.9 Å². The first-order valence-electron chi connectivity index (χ1n) is 10.7. The van der Waals surface area contributed by atoms with Crippen molar-refractivity contribution in [3.63, 3.8) is 0 Å². The minimum atomic E-state index is -0.402. The molecule has 2 aromatic carbocycles. The Kier molecular flexibility index (Phi) is 6.22. The molecule has 0 amide bonds. The highest BCUT2D eigenvalue weighted by Gasteiger charge is 2.24. The van der Waals surface area contributed by atoms with Crippen LogP contribution in [0.5, 0.6) is 0 Å². The van der Waals surface area contributed by atoms with Crippen LogP contribution in [0.1, 0.15) is 29.5 Å². The minimum absolute atomic E-state index is 0.213. The van der Waals surface area contributed by atoms with Gasteiger partial charge in [0.1, 0.15) is 11.6 Å². The van der Waals surface area contributed by atoms with E-state index in [0.29, 0.717) is 23.8 Å². The Labute approximate surface area is 185 Å². The molecule has 0 aliphatic carbocycles. The molecule has 2 heterocycles. The number of hydrogen-bond acceptors (Lipinski definition) is 4. The van der Waals surface area contributed by atoms with Crippen LogP contribution >= 0.6 is 0 Å². The Balaban J connectivity index is 1.66. The van der Waals surface area contributed by atoms with Crippen LogP contribution < -0.4 is 16.1 Å². The summed E-state index contributed by atoms with van der Waals surface area (Å²) in [4.78, 5) is 27.6. The molecule has 1 aliphatic rings. The van der Waals surface area contributed by atoms with E-state index in [2.05, 4.69) is 11.0 Å². The second-order valence-electron chi connectivity index (χ2n) is 8.32. The highest BCUT2D eigenvalue weighted by atomic mass is 19.1. The average Bonchev–Trinajstić information content (AvgIpc) is 2.81. The molecule has 1 unspecified atom stereocenters. The van der Waals surface area contributed by atoms with Crippen LogP contribution in [0.4, 0.5) is 10.2 Å². The summed E-state index contributed by atoms with van der Waals surface area (Å²) in [6.45, 7) is 1.65. The molecule has 1 aliphatic heterocycles. The summed E-state index contributed by atoms with van der Waals surface area (Å²) in [5.41, 5.74) is 1.56. The largest absolute Gasteiger partial charge is 0.357 e. The van der Waals surface area contributed by atoms with Crippen LogP contribution in [0.25, 0.3) is 0 Å². The van der Waals surface area contributed by atoms with Crippen molar-refractivity contribution in [1.82, 2.24) is 9.13 Å². The van der Waals surface area contributed by atoms with Gasteiger partial charge in [-0.05, 0) is 54.5 Å². The fourth-order valence-corrected chi connectivity index (χ4v) is 4.40. The molecule has 0 saturated carbocycles. The Hall–Kier alpha value is -3.66. The maximum atomic E-state index is 13.2. The Bertz CT molecular complexity index is 1270. The summed E-state index contributed by atoms with van der Waals surface area (Å²) in [6.07, 6.45) is 2.77. The molecule has 164 valence electrons. The Morgan fingerprint density at radius 1 is 1.12 bits per heavy atom. The first kappa shape index (κ1) is 21.6. The molecule has 0 radical (unpaired) electrons. The molecule has 32 heavy (non-hydrogen) atoms. The highest BCUT2D eigenvalue weighted by molar-refractivity contribution is 5.42. The third-order valence-corrected chi connectivity index (χ3v) is 6.12. The van der Waals surface area contributed by atoms with E-state index in [9.17, 15) is 19.2 Å². The SMILES string of the molecule is Cn1c(=O)cc(N2CCCC(Cc3ccc(F)cc3)C2)n(Cc2ccccc2C#N)c1=O. The van der Waals surface area contributed by atoms with Crippen LogP contribution in [-0.4, -0.2) is 22.2 Å². The maximum Gasteiger partial charge on any atom is 0.332 e. The van der Waals surface area contributed by atoms with Crippen LogP contribution in [0.2, 0.25) is 0 Å². The third kappa shape index (κ3) is 4.50. The number of anilines is 1. The molecule has 0 bridgehead atoms. The zero-order chi connectivity index (χ0) is 22.7. The van der Waals surface area contributed by atoms with Gasteiger partial charge in [0.15, 0.2) is 0 Å². The van der Waals surface area contributed by atoms with Crippen molar-refractivity contribution in [3.8, 4) is 6.07 Å². The van der Waals surface area contributed by atoms with Gasteiger partial charge in [0, 0.05) is 26.2 Å². The minimum Gasteiger partial charge on any atom is -0.357 e. The van der Waals surface area contributed by atoms with E-state index >= 15 is 0 Å². The van der Waals surface area contributed by atoms with Crippen molar-refractivity contribution in [1.29, 1.82) is 5.26 Å². The van der Waals surface area contributed by atoms with Crippen molar-refractivity contribution in [2.75, 3.05) is 18.0 Å². The van der Waals surface area contributed by atoms with Gasteiger partial charge >= 0.3 is 5.69 Å². The highest BCUT2D eigenvalue weighted by Crippen LogP contribution is 2.25. The molecule has 0 spiro atoms. The Morgan fingerprint density at radius 2 is 1.88 bits per heavy atom. The molecule has 7 heteroatoms. The lowest BCUT2D eigenvalue weighted by Gasteiger charge is -2.35. The predicted octanol–water partition coefficient (Wildman–Crippen LogP) is 3.07. The van der Waals surface area contributed by atoms with E-state index in [1.807, 2.05) is 12.1 Å². The van der Waals surface area contributed by atoms with E-state index in [1.54, 1.807) is 28.8 Å². The van der Waals surface area contributed by atoms with Crippen molar-refractivity contribution in [2.24, 2.45) is 13.0 Å². The third-order valence-electron chi connectivity index (χ3n) is 6.12. The smallest absolute Gasteiger partial charge is 0.332 e. The molecule has 1 atom stereocenters. The number of benzene rings is 2. The first-order chi connectivity index (χ1) is 15.5. The molecule has 3 aromatic rings. The lowest BCUT2D eigenvalue weighted by molar-refractivity contribution is 0.406. The van der Waals surface area contributed by atoms with Crippen LogP contribution in [0.15, 0.2) is 64.2 Å². The summed E-state index contributed by atoms with van der Waals surface area (Å²) in [7, 11) is 1.47. The average molecular weight is 432 g/mol.